The first-order valence-corrected chi connectivity index (χ1v) is 5.67. The molecule has 0 radical (unpaired) electrons. The molecule has 0 bridgehead atoms. The van der Waals surface area contributed by atoms with Gasteiger partial charge >= 0.3 is 0 Å². The Morgan fingerprint density at radius 3 is 2.33 bits per heavy atom. The van der Waals surface area contributed by atoms with Crippen LogP contribution in [-0.2, 0) is 0 Å². The molecule has 18 heavy (non-hydrogen) atoms. The van der Waals surface area contributed by atoms with Crippen LogP contribution >= 0.6 is 12.4 Å². The van der Waals surface area contributed by atoms with Crippen LogP contribution in [0.1, 0.15) is 22.7 Å². The van der Waals surface area contributed by atoms with Gasteiger partial charge in [-0.15, -0.1) is 12.4 Å². The highest BCUT2D eigenvalue weighted by atomic mass is 35.5. The number of rotatable bonds is 3. The molecular formula is C15H18ClNO. The van der Waals surface area contributed by atoms with Crippen LogP contribution in [-0.4, -0.2) is 7.11 Å². The molecule has 0 aromatic heterocycles. The summed E-state index contributed by atoms with van der Waals surface area (Å²) in [6.45, 7) is 2.07. The highest BCUT2D eigenvalue weighted by Crippen LogP contribution is 2.26. The molecule has 0 spiro atoms. The molecule has 3 heteroatoms. The van der Waals surface area contributed by atoms with Gasteiger partial charge in [-0.05, 0) is 35.7 Å². The summed E-state index contributed by atoms with van der Waals surface area (Å²) in [6.07, 6.45) is 0. The van der Waals surface area contributed by atoms with Gasteiger partial charge in [-0.25, -0.2) is 0 Å². The van der Waals surface area contributed by atoms with Crippen molar-refractivity contribution < 1.29 is 4.74 Å². The van der Waals surface area contributed by atoms with Crippen molar-refractivity contribution in [2.45, 2.75) is 13.0 Å². The highest BCUT2D eigenvalue weighted by molar-refractivity contribution is 5.85. The Bertz CT molecular complexity index is 499. The Balaban J connectivity index is 0.00000162. The van der Waals surface area contributed by atoms with E-state index in [1.54, 1.807) is 7.11 Å². The molecule has 0 saturated carbocycles. The van der Waals surface area contributed by atoms with Crippen LogP contribution in [0.4, 0.5) is 0 Å². The van der Waals surface area contributed by atoms with Crippen molar-refractivity contribution in [2.75, 3.05) is 7.11 Å². The average molecular weight is 264 g/mol. The minimum atomic E-state index is -0.105. The quantitative estimate of drug-likeness (QED) is 0.920. The van der Waals surface area contributed by atoms with Crippen molar-refractivity contribution in [1.82, 2.24) is 0 Å². The van der Waals surface area contributed by atoms with Crippen LogP contribution < -0.4 is 10.5 Å². The van der Waals surface area contributed by atoms with E-state index < -0.39 is 0 Å². The van der Waals surface area contributed by atoms with E-state index in [9.17, 15) is 0 Å². The first kappa shape index (κ1) is 14.6. The second kappa shape index (κ2) is 6.43. The molecule has 2 aromatic carbocycles. The van der Waals surface area contributed by atoms with Gasteiger partial charge in [0.2, 0.25) is 0 Å². The molecule has 0 amide bonds. The fourth-order valence-electron chi connectivity index (χ4n) is 1.92. The Labute approximate surface area is 114 Å². The van der Waals surface area contributed by atoms with Gasteiger partial charge in [-0.2, -0.15) is 0 Å². The predicted molar refractivity (Wildman–Crippen MR) is 77.5 cm³/mol. The fourth-order valence-corrected chi connectivity index (χ4v) is 1.92. The lowest BCUT2D eigenvalue weighted by Crippen LogP contribution is -2.13. The van der Waals surface area contributed by atoms with Crippen LogP contribution in [0.2, 0.25) is 0 Å². The van der Waals surface area contributed by atoms with Crippen LogP contribution in [0.5, 0.6) is 5.75 Å². The highest BCUT2D eigenvalue weighted by Gasteiger charge is 2.11. The van der Waals surface area contributed by atoms with E-state index in [-0.39, 0.29) is 18.4 Å². The molecule has 0 heterocycles. The third-order valence-electron chi connectivity index (χ3n) is 2.98. The van der Waals surface area contributed by atoms with Crippen molar-refractivity contribution in [2.24, 2.45) is 5.73 Å². The zero-order chi connectivity index (χ0) is 12.3. The molecule has 0 saturated heterocycles. The average Bonchev–Trinajstić information content (AvgIpc) is 2.39. The minimum absolute atomic E-state index is 0. The molecule has 2 rings (SSSR count). The van der Waals surface area contributed by atoms with Gasteiger partial charge in [0.25, 0.3) is 0 Å². The van der Waals surface area contributed by atoms with Crippen LogP contribution in [0.15, 0.2) is 48.5 Å². The lowest BCUT2D eigenvalue weighted by atomic mass is 9.95. The Hall–Kier alpha value is -1.51. The minimum Gasteiger partial charge on any atom is -0.497 e. The van der Waals surface area contributed by atoms with Gasteiger partial charge in [0, 0.05) is 0 Å². The van der Waals surface area contributed by atoms with Crippen LogP contribution in [0, 0.1) is 6.92 Å². The number of hydrogen-bond donors (Lipinski definition) is 1. The summed E-state index contributed by atoms with van der Waals surface area (Å²) in [5, 5.41) is 0. The molecule has 2 aromatic rings. The van der Waals surface area contributed by atoms with E-state index in [0.717, 1.165) is 16.9 Å². The number of aryl methyl sites for hydroxylation is 1. The van der Waals surface area contributed by atoms with E-state index in [0.29, 0.717) is 0 Å². The van der Waals surface area contributed by atoms with Crippen LogP contribution in [0.25, 0.3) is 0 Å². The second-order valence-electron chi connectivity index (χ2n) is 4.11. The van der Waals surface area contributed by atoms with Crippen molar-refractivity contribution in [1.29, 1.82) is 0 Å². The molecular weight excluding hydrogens is 246 g/mol. The van der Waals surface area contributed by atoms with Gasteiger partial charge in [-0.3, -0.25) is 0 Å². The maximum absolute atomic E-state index is 6.29. The Kier molecular flexibility index (Phi) is 5.20. The second-order valence-corrected chi connectivity index (χ2v) is 4.11. The fraction of sp³-hybridized carbons (Fsp3) is 0.200. The van der Waals surface area contributed by atoms with E-state index in [1.165, 1.54) is 5.56 Å². The van der Waals surface area contributed by atoms with Gasteiger partial charge < -0.3 is 10.5 Å². The summed E-state index contributed by atoms with van der Waals surface area (Å²) < 4.78 is 5.24. The van der Waals surface area contributed by atoms with Crippen molar-refractivity contribution in [3.05, 3.63) is 65.2 Å². The summed E-state index contributed by atoms with van der Waals surface area (Å²) in [5.74, 6) is 0.844. The normalized spacial score (nSPS) is 11.5. The first-order valence-electron chi connectivity index (χ1n) is 5.67. The van der Waals surface area contributed by atoms with Crippen molar-refractivity contribution in [3.63, 3.8) is 0 Å². The standard InChI is InChI=1S/C15H17NO.ClH/c1-11-8-9-13(17-2)10-14(11)15(16)12-6-4-3-5-7-12;/h3-10,15H,16H2,1-2H3;1H. The molecule has 2 nitrogen and oxygen atoms in total. The maximum atomic E-state index is 6.29. The third-order valence-corrected chi connectivity index (χ3v) is 2.98. The summed E-state index contributed by atoms with van der Waals surface area (Å²) in [7, 11) is 1.67. The molecule has 0 fully saturated rings. The Morgan fingerprint density at radius 1 is 1.06 bits per heavy atom. The molecule has 0 aliphatic heterocycles. The van der Waals surface area contributed by atoms with E-state index in [1.807, 2.05) is 48.5 Å². The monoisotopic (exact) mass is 263 g/mol. The number of ether oxygens (including phenoxy) is 1. The molecule has 2 N–H and O–H groups in total. The van der Waals surface area contributed by atoms with E-state index in [4.69, 9.17) is 10.5 Å². The van der Waals surface area contributed by atoms with E-state index in [2.05, 4.69) is 6.92 Å². The molecule has 1 unspecified atom stereocenters. The zero-order valence-electron chi connectivity index (χ0n) is 10.6. The van der Waals surface area contributed by atoms with Crippen molar-refractivity contribution >= 4 is 12.4 Å². The SMILES string of the molecule is COc1ccc(C)c(C(N)c2ccccc2)c1.Cl. The molecule has 1 atom stereocenters. The van der Waals surface area contributed by atoms with Gasteiger partial charge in [-0.1, -0.05) is 36.4 Å². The van der Waals surface area contributed by atoms with Crippen molar-refractivity contribution in [3.8, 4) is 5.75 Å². The van der Waals surface area contributed by atoms with E-state index >= 15 is 0 Å². The molecule has 96 valence electrons. The van der Waals surface area contributed by atoms with Gasteiger partial charge in [0.05, 0.1) is 13.2 Å². The summed E-state index contributed by atoms with van der Waals surface area (Å²) in [6, 6.07) is 16.0. The first-order chi connectivity index (χ1) is 8.22. The van der Waals surface area contributed by atoms with Gasteiger partial charge in [0.1, 0.15) is 5.75 Å². The number of halogens is 1. The number of benzene rings is 2. The predicted octanol–water partition coefficient (Wildman–Crippen LogP) is 3.47. The lowest BCUT2D eigenvalue weighted by molar-refractivity contribution is 0.414. The lowest BCUT2D eigenvalue weighted by Gasteiger charge is -2.16. The summed E-state index contributed by atoms with van der Waals surface area (Å²) >= 11 is 0. The third kappa shape index (κ3) is 3.03. The van der Waals surface area contributed by atoms with Gasteiger partial charge in [0.15, 0.2) is 0 Å². The molecule has 0 aliphatic carbocycles. The van der Waals surface area contributed by atoms with Crippen LogP contribution in [0.3, 0.4) is 0 Å². The Morgan fingerprint density at radius 2 is 1.72 bits per heavy atom. The maximum Gasteiger partial charge on any atom is 0.119 e. The molecule has 0 aliphatic rings. The zero-order valence-corrected chi connectivity index (χ0v) is 11.4. The summed E-state index contributed by atoms with van der Waals surface area (Å²) in [5.41, 5.74) is 9.69. The largest absolute Gasteiger partial charge is 0.497 e. The smallest absolute Gasteiger partial charge is 0.119 e. The summed E-state index contributed by atoms with van der Waals surface area (Å²) in [4.78, 5) is 0. The number of hydrogen-bond acceptors (Lipinski definition) is 2. The number of nitrogens with two attached hydrogens (primary N) is 1. The topological polar surface area (TPSA) is 35.2 Å². The number of methoxy groups -OCH3 is 1.